The summed E-state index contributed by atoms with van der Waals surface area (Å²) in [4.78, 5) is 22.7. The Morgan fingerprint density at radius 1 is 1.10 bits per heavy atom. The maximum absolute atomic E-state index is 11.5. The van der Waals surface area contributed by atoms with Crippen molar-refractivity contribution in [3.05, 3.63) is 30.2 Å². The van der Waals surface area contributed by atoms with Gasteiger partial charge in [-0.3, -0.25) is 9.78 Å². The lowest BCUT2D eigenvalue weighted by Gasteiger charge is -2.33. The van der Waals surface area contributed by atoms with Gasteiger partial charge in [0.25, 0.3) is 0 Å². The number of Topliss-reactive ketones (excluding diaryl/α,β-unsaturated/α-hetero) is 1. The summed E-state index contributed by atoms with van der Waals surface area (Å²) in [5.74, 6) is -0.0182. The number of pyridine rings is 2. The fraction of sp³-hybridized carbons (Fsp3) is 0.438. The van der Waals surface area contributed by atoms with Crippen molar-refractivity contribution in [1.29, 1.82) is 0 Å². The molecule has 0 fully saturated rings. The lowest BCUT2D eigenvalue weighted by molar-refractivity contribution is 0.101. The molecule has 0 aliphatic rings. The SMILES string of the molecule is CC(=O)c1ccc2cncc(N(C(C)C)C(C)C)c2n1. The number of carbonyl (C=O) groups excluding carboxylic acids is 1. The monoisotopic (exact) mass is 271 g/mol. The molecule has 2 rings (SSSR count). The molecule has 0 atom stereocenters. The van der Waals surface area contributed by atoms with Gasteiger partial charge in [-0.1, -0.05) is 0 Å². The molecule has 0 unspecified atom stereocenters. The van der Waals surface area contributed by atoms with E-state index in [1.54, 1.807) is 12.3 Å². The number of aromatic nitrogens is 2. The largest absolute Gasteiger partial charge is 0.364 e. The molecule has 0 aliphatic heterocycles. The number of ketones is 1. The van der Waals surface area contributed by atoms with Gasteiger partial charge in [0.05, 0.1) is 17.4 Å². The average Bonchev–Trinajstić information content (AvgIpc) is 2.37. The Bertz CT molecular complexity index is 627. The van der Waals surface area contributed by atoms with Gasteiger partial charge in [-0.15, -0.1) is 0 Å². The van der Waals surface area contributed by atoms with Gasteiger partial charge in [0.1, 0.15) is 5.69 Å². The van der Waals surface area contributed by atoms with Gasteiger partial charge in [0.15, 0.2) is 5.78 Å². The van der Waals surface area contributed by atoms with Crippen LogP contribution in [0.3, 0.4) is 0 Å². The fourth-order valence-electron chi connectivity index (χ4n) is 2.57. The van der Waals surface area contributed by atoms with Crippen LogP contribution >= 0.6 is 0 Å². The third-order valence-corrected chi connectivity index (χ3v) is 3.33. The van der Waals surface area contributed by atoms with Gasteiger partial charge in [-0.25, -0.2) is 4.98 Å². The van der Waals surface area contributed by atoms with E-state index in [4.69, 9.17) is 0 Å². The molecule has 0 saturated heterocycles. The minimum absolute atomic E-state index is 0.0182. The van der Waals surface area contributed by atoms with E-state index < -0.39 is 0 Å². The molecule has 2 heterocycles. The Balaban J connectivity index is 2.68. The topological polar surface area (TPSA) is 46.1 Å². The average molecular weight is 271 g/mol. The molecule has 0 aliphatic carbocycles. The number of hydrogen-bond acceptors (Lipinski definition) is 4. The Hall–Kier alpha value is -1.97. The summed E-state index contributed by atoms with van der Waals surface area (Å²) in [6.07, 6.45) is 3.62. The number of hydrogen-bond donors (Lipinski definition) is 0. The number of rotatable bonds is 4. The zero-order valence-electron chi connectivity index (χ0n) is 12.7. The zero-order chi connectivity index (χ0) is 14.9. The van der Waals surface area contributed by atoms with Gasteiger partial charge in [-0.2, -0.15) is 0 Å². The second kappa shape index (κ2) is 5.57. The normalized spacial score (nSPS) is 11.3. The van der Waals surface area contributed by atoms with Crippen LogP contribution in [0.25, 0.3) is 10.9 Å². The third-order valence-electron chi connectivity index (χ3n) is 3.33. The first-order chi connectivity index (χ1) is 9.41. The number of carbonyl (C=O) groups is 1. The van der Waals surface area contributed by atoms with E-state index >= 15 is 0 Å². The Labute approximate surface area is 119 Å². The molecular weight excluding hydrogens is 250 g/mol. The highest BCUT2D eigenvalue weighted by Gasteiger charge is 2.18. The van der Waals surface area contributed by atoms with Crippen molar-refractivity contribution in [2.45, 2.75) is 46.7 Å². The quantitative estimate of drug-likeness (QED) is 0.799. The van der Waals surface area contributed by atoms with Crippen LogP contribution in [0.1, 0.15) is 45.1 Å². The lowest BCUT2D eigenvalue weighted by atomic mass is 10.1. The van der Waals surface area contributed by atoms with E-state index in [9.17, 15) is 4.79 Å². The molecule has 4 heteroatoms. The molecule has 0 spiro atoms. The van der Waals surface area contributed by atoms with Crippen LogP contribution in [0.2, 0.25) is 0 Å². The van der Waals surface area contributed by atoms with Crippen molar-refractivity contribution in [2.24, 2.45) is 0 Å². The van der Waals surface area contributed by atoms with Crippen LogP contribution in [0.15, 0.2) is 24.5 Å². The highest BCUT2D eigenvalue weighted by molar-refractivity contribution is 5.97. The lowest BCUT2D eigenvalue weighted by Crippen LogP contribution is -2.37. The highest BCUT2D eigenvalue weighted by Crippen LogP contribution is 2.27. The first-order valence-electron chi connectivity index (χ1n) is 6.96. The van der Waals surface area contributed by atoms with Gasteiger partial charge in [0.2, 0.25) is 0 Å². The van der Waals surface area contributed by atoms with Crippen LogP contribution in [-0.4, -0.2) is 27.8 Å². The number of nitrogens with zero attached hydrogens (tertiary/aromatic N) is 3. The van der Waals surface area contributed by atoms with E-state index in [0.717, 1.165) is 16.6 Å². The van der Waals surface area contributed by atoms with Crippen molar-refractivity contribution in [3.8, 4) is 0 Å². The number of anilines is 1. The van der Waals surface area contributed by atoms with E-state index in [1.165, 1.54) is 6.92 Å². The van der Waals surface area contributed by atoms with Crippen LogP contribution in [-0.2, 0) is 0 Å². The summed E-state index contributed by atoms with van der Waals surface area (Å²) >= 11 is 0. The van der Waals surface area contributed by atoms with E-state index in [2.05, 4.69) is 42.6 Å². The van der Waals surface area contributed by atoms with E-state index in [1.807, 2.05) is 12.3 Å². The molecule has 20 heavy (non-hydrogen) atoms. The third kappa shape index (κ3) is 2.64. The minimum Gasteiger partial charge on any atom is -0.364 e. The second-order valence-corrected chi connectivity index (χ2v) is 5.58. The maximum atomic E-state index is 11.5. The molecular formula is C16H21N3O. The Morgan fingerprint density at radius 2 is 1.75 bits per heavy atom. The van der Waals surface area contributed by atoms with Crippen LogP contribution in [0.5, 0.6) is 0 Å². The summed E-state index contributed by atoms with van der Waals surface area (Å²) in [6.45, 7) is 10.1. The maximum Gasteiger partial charge on any atom is 0.178 e. The van der Waals surface area contributed by atoms with Crippen LogP contribution < -0.4 is 4.90 Å². The van der Waals surface area contributed by atoms with Gasteiger partial charge >= 0.3 is 0 Å². The molecule has 0 aromatic carbocycles. The molecule has 2 aromatic heterocycles. The molecule has 0 amide bonds. The van der Waals surface area contributed by atoms with E-state index in [-0.39, 0.29) is 5.78 Å². The first kappa shape index (κ1) is 14.4. The smallest absolute Gasteiger partial charge is 0.178 e. The molecule has 0 bridgehead atoms. The molecule has 0 radical (unpaired) electrons. The standard InChI is InChI=1S/C16H21N3O/c1-10(2)19(11(3)4)15-9-17-8-13-6-7-14(12(5)20)18-16(13)15/h6-11H,1-5H3. The molecule has 4 nitrogen and oxygen atoms in total. The highest BCUT2D eigenvalue weighted by atomic mass is 16.1. The zero-order valence-corrected chi connectivity index (χ0v) is 12.7. The molecule has 0 N–H and O–H groups in total. The van der Waals surface area contributed by atoms with Crippen molar-refractivity contribution in [3.63, 3.8) is 0 Å². The minimum atomic E-state index is -0.0182. The van der Waals surface area contributed by atoms with Crippen molar-refractivity contribution >= 4 is 22.4 Å². The summed E-state index contributed by atoms with van der Waals surface area (Å²) < 4.78 is 0. The van der Waals surface area contributed by atoms with Gasteiger partial charge in [0, 0.05) is 30.6 Å². The van der Waals surface area contributed by atoms with Crippen LogP contribution in [0.4, 0.5) is 5.69 Å². The molecule has 2 aromatic rings. The predicted octanol–water partition coefficient (Wildman–Crippen LogP) is 3.46. The van der Waals surface area contributed by atoms with Crippen molar-refractivity contribution < 1.29 is 4.79 Å². The second-order valence-electron chi connectivity index (χ2n) is 5.58. The predicted molar refractivity (Wildman–Crippen MR) is 82.3 cm³/mol. The molecule has 0 saturated carbocycles. The Morgan fingerprint density at radius 3 is 2.30 bits per heavy atom. The fourth-order valence-corrected chi connectivity index (χ4v) is 2.57. The number of fused-ring (bicyclic) bond motifs is 1. The summed E-state index contributed by atoms with van der Waals surface area (Å²) in [7, 11) is 0. The molecule has 106 valence electrons. The van der Waals surface area contributed by atoms with Gasteiger partial charge < -0.3 is 4.90 Å². The van der Waals surface area contributed by atoms with Gasteiger partial charge in [-0.05, 0) is 39.8 Å². The summed E-state index contributed by atoms with van der Waals surface area (Å²) in [5, 5.41) is 0.957. The van der Waals surface area contributed by atoms with Crippen LogP contribution in [0, 0.1) is 0 Å². The summed E-state index contributed by atoms with van der Waals surface area (Å²) in [6, 6.07) is 4.34. The Kier molecular flexibility index (Phi) is 4.02. The first-order valence-corrected chi connectivity index (χ1v) is 6.96. The van der Waals surface area contributed by atoms with Crippen molar-refractivity contribution in [2.75, 3.05) is 4.90 Å². The van der Waals surface area contributed by atoms with Crippen molar-refractivity contribution in [1.82, 2.24) is 9.97 Å². The van der Waals surface area contributed by atoms with E-state index in [0.29, 0.717) is 17.8 Å². The summed E-state index contributed by atoms with van der Waals surface area (Å²) in [5.41, 5.74) is 2.32.